The third kappa shape index (κ3) is 1.21. The van der Waals surface area contributed by atoms with Crippen molar-refractivity contribution in [2.75, 3.05) is 13.1 Å². The highest BCUT2D eigenvalue weighted by Gasteiger charge is 2.48. The van der Waals surface area contributed by atoms with Gasteiger partial charge in [0.05, 0.1) is 12.1 Å². The number of rotatable bonds is 1. The van der Waals surface area contributed by atoms with Crippen LogP contribution in [0.15, 0.2) is 4.99 Å². The highest BCUT2D eigenvalue weighted by Crippen LogP contribution is 2.38. The van der Waals surface area contributed by atoms with Gasteiger partial charge in [0.2, 0.25) is 0 Å². The van der Waals surface area contributed by atoms with Crippen molar-refractivity contribution >= 4 is 5.96 Å². The Bertz CT molecular complexity index is 284. The van der Waals surface area contributed by atoms with Crippen LogP contribution in [0.2, 0.25) is 0 Å². The first-order chi connectivity index (χ1) is 6.69. The summed E-state index contributed by atoms with van der Waals surface area (Å²) < 4.78 is 0. The molecule has 4 nitrogen and oxygen atoms in total. The fourth-order valence-corrected chi connectivity index (χ4v) is 2.94. The average molecular weight is 194 g/mol. The summed E-state index contributed by atoms with van der Waals surface area (Å²) in [5.74, 6) is 0.634. The molecule has 0 aromatic heterocycles. The fourth-order valence-electron chi connectivity index (χ4n) is 2.94. The van der Waals surface area contributed by atoms with E-state index < -0.39 is 0 Å². The molecular weight excluding hydrogens is 176 g/mol. The lowest BCUT2D eigenvalue weighted by molar-refractivity contribution is 0.248. The lowest BCUT2D eigenvalue weighted by Crippen LogP contribution is -2.50. The molecule has 1 aliphatic carbocycles. The predicted molar refractivity (Wildman–Crippen MR) is 56.2 cm³/mol. The van der Waals surface area contributed by atoms with Crippen molar-refractivity contribution in [1.82, 2.24) is 10.2 Å². The van der Waals surface area contributed by atoms with Gasteiger partial charge in [-0.3, -0.25) is 9.89 Å². The number of likely N-dealkylation sites (tertiary alicyclic amines) is 1. The minimum absolute atomic E-state index is 0.173. The zero-order valence-corrected chi connectivity index (χ0v) is 8.66. The second-order valence-corrected chi connectivity index (χ2v) is 5.06. The summed E-state index contributed by atoms with van der Waals surface area (Å²) in [4.78, 5) is 6.90. The van der Waals surface area contributed by atoms with Gasteiger partial charge in [0.15, 0.2) is 5.96 Å². The molecule has 2 atom stereocenters. The Morgan fingerprint density at radius 2 is 2.36 bits per heavy atom. The summed E-state index contributed by atoms with van der Waals surface area (Å²) in [5, 5.41) is 3.36. The molecule has 14 heavy (non-hydrogen) atoms. The smallest absolute Gasteiger partial charge is 0.189 e. The Kier molecular flexibility index (Phi) is 1.60. The second-order valence-electron chi connectivity index (χ2n) is 5.06. The van der Waals surface area contributed by atoms with Crippen molar-refractivity contribution in [2.24, 2.45) is 10.7 Å². The average Bonchev–Trinajstić information content (AvgIpc) is 2.84. The van der Waals surface area contributed by atoms with E-state index in [-0.39, 0.29) is 5.54 Å². The molecule has 0 aromatic rings. The van der Waals surface area contributed by atoms with E-state index >= 15 is 0 Å². The second kappa shape index (κ2) is 2.63. The molecule has 4 heteroatoms. The van der Waals surface area contributed by atoms with E-state index in [0.717, 1.165) is 19.1 Å². The Balaban J connectivity index is 1.73. The van der Waals surface area contributed by atoms with Crippen molar-refractivity contribution in [3.8, 4) is 0 Å². The number of guanidine groups is 1. The molecular formula is C10H18N4. The van der Waals surface area contributed by atoms with Gasteiger partial charge in [0.25, 0.3) is 0 Å². The Morgan fingerprint density at radius 3 is 2.93 bits per heavy atom. The van der Waals surface area contributed by atoms with Crippen LogP contribution < -0.4 is 11.1 Å². The molecule has 3 rings (SSSR count). The van der Waals surface area contributed by atoms with Gasteiger partial charge in [-0.1, -0.05) is 0 Å². The normalized spacial score (nSPS) is 42.9. The first kappa shape index (κ1) is 8.53. The maximum atomic E-state index is 5.69. The molecule has 3 N–H and O–H groups in total. The molecule has 0 bridgehead atoms. The number of nitrogens with zero attached hydrogens (tertiary/aromatic N) is 2. The molecule has 2 unspecified atom stereocenters. The van der Waals surface area contributed by atoms with Crippen LogP contribution >= 0.6 is 0 Å². The molecule has 1 saturated carbocycles. The van der Waals surface area contributed by atoms with Gasteiger partial charge in [-0.15, -0.1) is 0 Å². The van der Waals surface area contributed by atoms with Gasteiger partial charge in [-0.2, -0.15) is 0 Å². The Morgan fingerprint density at radius 1 is 1.57 bits per heavy atom. The van der Waals surface area contributed by atoms with Crippen molar-refractivity contribution < 1.29 is 0 Å². The zero-order valence-electron chi connectivity index (χ0n) is 8.66. The van der Waals surface area contributed by atoms with Crippen LogP contribution in [0.1, 0.15) is 26.2 Å². The van der Waals surface area contributed by atoms with Crippen LogP contribution in [0.25, 0.3) is 0 Å². The molecule has 2 aliphatic heterocycles. The molecule has 3 aliphatic rings. The number of nitrogens with one attached hydrogen (secondary N) is 1. The van der Waals surface area contributed by atoms with Crippen LogP contribution in [0.4, 0.5) is 0 Å². The number of aliphatic imine (C=N–C) groups is 1. The van der Waals surface area contributed by atoms with Crippen molar-refractivity contribution in [1.29, 1.82) is 0 Å². The lowest BCUT2D eigenvalue weighted by Gasteiger charge is -2.24. The molecule has 1 spiro atoms. The third-order valence-electron chi connectivity index (χ3n) is 3.70. The summed E-state index contributed by atoms with van der Waals surface area (Å²) in [5.41, 5.74) is 5.86. The van der Waals surface area contributed by atoms with E-state index in [0.29, 0.717) is 12.0 Å². The van der Waals surface area contributed by atoms with Gasteiger partial charge in [-0.25, -0.2) is 0 Å². The van der Waals surface area contributed by atoms with Gasteiger partial charge in [0.1, 0.15) is 0 Å². The third-order valence-corrected chi connectivity index (χ3v) is 3.70. The summed E-state index contributed by atoms with van der Waals surface area (Å²) >= 11 is 0. The SMILES string of the molecule is CC1CC2(CN=C(N)N2)CN1C1CC1. The van der Waals surface area contributed by atoms with Crippen LogP contribution in [0, 0.1) is 0 Å². The van der Waals surface area contributed by atoms with Gasteiger partial charge in [-0.05, 0) is 26.2 Å². The molecule has 0 amide bonds. The summed E-state index contributed by atoms with van der Waals surface area (Å²) in [6, 6.07) is 1.55. The lowest BCUT2D eigenvalue weighted by atomic mass is 9.98. The Hall–Kier alpha value is -0.770. The topological polar surface area (TPSA) is 53.6 Å². The van der Waals surface area contributed by atoms with E-state index in [9.17, 15) is 0 Å². The van der Waals surface area contributed by atoms with E-state index in [2.05, 4.69) is 22.1 Å². The standard InChI is InChI=1S/C10H18N4/c1-7-4-10(5-12-9(11)13-10)6-14(7)8-2-3-8/h7-8H,2-6H2,1H3,(H3,11,12,13). The number of hydrogen-bond acceptors (Lipinski definition) is 4. The van der Waals surface area contributed by atoms with Crippen molar-refractivity contribution in [2.45, 2.75) is 43.8 Å². The summed E-state index contributed by atoms with van der Waals surface area (Å²) in [6.45, 7) is 4.32. The highest BCUT2D eigenvalue weighted by atomic mass is 15.3. The first-order valence-electron chi connectivity index (χ1n) is 5.52. The Labute approximate surface area is 84.6 Å². The summed E-state index contributed by atoms with van der Waals surface area (Å²) in [7, 11) is 0. The first-order valence-corrected chi connectivity index (χ1v) is 5.52. The van der Waals surface area contributed by atoms with E-state index in [1.54, 1.807) is 0 Å². The minimum atomic E-state index is 0.173. The van der Waals surface area contributed by atoms with Gasteiger partial charge < -0.3 is 11.1 Å². The molecule has 1 saturated heterocycles. The van der Waals surface area contributed by atoms with E-state index in [1.807, 2.05) is 0 Å². The van der Waals surface area contributed by atoms with Crippen LogP contribution in [-0.4, -0.2) is 41.6 Å². The van der Waals surface area contributed by atoms with Gasteiger partial charge >= 0.3 is 0 Å². The van der Waals surface area contributed by atoms with E-state index in [1.165, 1.54) is 19.3 Å². The fraction of sp³-hybridized carbons (Fsp3) is 0.900. The van der Waals surface area contributed by atoms with Crippen LogP contribution in [0.5, 0.6) is 0 Å². The van der Waals surface area contributed by atoms with Crippen molar-refractivity contribution in [3.05, 3.63) is 0 Å². The largest absolute Gasteiger partial charge is 0.370 e. The monoisotopic (exact) mass is 194 g/mol. The minimum Gasteiger partial charge on any atom is -0.370 e. The maximum absolute atomic E-state index is 5.69. The van der Waals surface area contributed by atoms with Crippen LogP contribution in [-0.2, 0) is 0 Å². The predicted octanol–water partition coefficient (Wildman–Crippen LogP) is -0.100. The van der Waals surface area contributed by atoms with Crippen LogP contribution in [0.3, 0.4) is 0 Å². The van der Waals surface area contributed by atoms with E-state index in [4.69, 9.17) is 5.73 Å². The number of nitrogens with two attached hydrogens (primary N) is 1. The molecule has 0 aromatic carbocycles. The molecule has 78 valence electrons. The molecule has 2 heterocycles. The molecule has 2 fully saturated rings. The zero-order chi connectivity index (χ0) is 9.76. The quantitative estimate of drug-likeness (QED) is 0.613. The van der Waals surface area contributed by atoms with Crippen molar-refractivity contribution in [3.63, 3.8) is 0 Å². The van der Waals surface area contributed by atoms with Gasteiger partial charge in [0, 0.05) is 18.6 Å². The molecule has 0 radical (unpaired) electrons. The number of hydrogen-bond donors (Lipinski definition) is 2. The maximum Gasteiger partial charge on any atom is 0.189 e. The highest BCUT2D eigenvalue weighted by molar-refractivity contribution is 5.80. The summed E-state index contributed by atoms with van der Waals surface area (Å²) in [6.07, 6.45) is 3.96.